The van der Waals surface area contributed by atoms with E-state index in [1.165, 1.54) is 23.5 Å². The average Bonchev–Trinajstić information content (AvgIpc) is 2.66. The quantitative estimate of drug-likeness (QED) is 0.825. The van der Waals surface area contributed by atoms with Crippen LogP contribution in [0.5, 0.6) is 0 Å². The fourth-order valence-corrected chi connectivity index (χ4v) is 1.39. The van der Waals surface area contributed by atoms with Crippen LogP contribution in [0.2, 0.25) is 0 Å². The summed E-state index contributed by atoms with van der Waals surface area (Å²) < 4.78 is 39.4. The molecule has 0 aliphatic carbocycles. The number of alkyl halides is 2. The van der Waals surface area contributed by atoms with Crippen LogP contribution >= 0.6 is 0 Å². The maximum Gasteiger partial charge on any atom is 0.266 e. The molecule has 1 aromatic heterocycles. The third-order valence-electron chi connectivity index (χ3n) is 2.17. The maximum absolute atomic E-state index is 13.0. The molecule has 0 aliphatic heterocycles. The highest BCUT2D eigenvalue weighted by Gasteiger charge is 2.14. The molecule has 6 heteroatoms. The Balaban J connectivity index is 2.25. The standard InChI is InChI=1S/C11H9F3N3/c1-17-6-15-10(16-17)5-7-2-3-9(12)8(4-7)11(13)14/h2-6,11H,1H3. The molecule has 0 amide bonds. The number of rotatable bonds is 3. The molecule has 0 unspecified atom stereocenters. The lowest BCUT2D eigenvalue weighted by Crippen LogP contribution is -1.95. The largest absolute Gasteiger partial charge is 0.266 e. The van der Waals surface area contributed by atoms with E-state index in [-0.39, 0.29) is 0 Å². The molecule has 0 saturated carbocycles. The Bertz CT molecular complexity index is 522. The average molecular weight is 240 g/mol. The van der Waals surface area contributed by atoms with Gasteiger partial charge in [0, 0.05) is 7.05 Å². The van der Waals surface area contributed by atoms with Crippen LogP contribution in [-0.4, -0.2) is 14.8 Å². The van der Waals surface area contributed by atoms with Crippen molar-refractivity contribution in [2.75, 3.05) is 0 Å². The van der Waals surface area contributed by atoms with E-state index in [2.05, 4.69) is 10.1 Å². The second-order valence-electron chi connectivity index (χ2n) is 3.50. The first-order chi connectivity index (χ1) is 8.06. The van der Waals surface area contributed by atoms with Gasteiger partial charge in [-0.1, -0.05) is 6.07 Å². The number of nitrogens with zero attached hydrogens (tertiary/aromatic N) is 3. The van der Waals surface area contributed by atoms with Gasteiger partial charge in [0.2, 0.25) is 0 Å². The Labute approximate surface area is 95.9 Å². The fourth-order valence-electron chi connectivity index (χ4n) is 1.39. The molecule has 3 nitrogen and oxygen atoms in total. The monoisotopic (exact) mass is 240 g/mol. The summed E-state index contributed by atoms with van der Waals surface area (Å²) in [5.74, 6) is -0.523. The summed E-state index contributed by atoms with van der Waals surface area (Å²) in [7, 11) is 1.69. The first-order valence-electron chi connectivity index (χ1n) is 4.84. The minimum atomic E-state index is -2.83. The molecule has 0 fully saturated rings. The summed E-state index contributed by atoms with van der Waals surface area (Å²) in [6.45, 7) is 0. The Morgan fingerprint density at radius 2 is 2.12 bits per heavy atom. The fraction of sp³-hybridized carbons (Fsp3) is 0.182. The molecule has 1 radical (unpaired) electrons. The smallest absolute Gasteiger partial charge is 0.256 e. The van der Waals surface area contributed by atoms with Gasteiger partial charge in [-0.25, -0.2) is 18.2 Å². The van der Waals surface area contributed by atoms with E-state index in [4.69, 9.17) is 0 Å². The highest BCUT2D eigenvalue weighted by atomic mass is 19.3. The lowest BCUT2D eigenvalue weighted by Gasteiger charge is -2.04. The molecular weight excluding hydrogens is 231 g/mol. The second kappa shape index (κ2) is 4.57. The Morgan fingerprint density at radius 1 is 1.35 bits per heavy atom. The molecule has 1 heterocycles. The van der Waals surface area contributed by atoms with Gasteiger partial charge in [-0.3, -0.25) is 4.68 Å². The van der Waals surface area contributed by atoms with Crippen molar-refractivity contribution in [1.82, 2.24) is 14.8 Å². The van der Waals surface area contributed by atoms with Crippen LogP contribution in [0, 0.1) is 12.2 Å². The molecular formula is C11H9F3N3. The van der Waals surface area contributed by atoms with E-state index in [0.717, 1.165) is 12.1 Å². The number of aryl methyl sites for hydroxylation is 1. The molecule has 1 aromatic carbocycles. The molecule has 89 valence electrons. The molecule has 2 aromatic rings. The highest BCUT2D eigenvalue weighted by molar-refractivity contribution is 5.34. The topological polar surface area (TPSA) is 30.7 Å². The van der Waals surface area contributed by atoms with Crippen molar-refractivity contribution in [3.63, 3.8) is 0 Å². The third-order valence-corrected chi connectivity index (χ3v) is 2.17. The number of halogens is 3. The van der Waals surface area contributed by atoms with Crippen LogP contribution in [0.3, 0.4) is 0 Å². The van der Waals surface area contributed by atoms with Gasteiger partial charge in [-0.05, 0) is 17.7 Å². The molecule has 0 saturated heterocycles. The summed E-state index contributed by atoms with van der Waals surface area (Å²) in [6.07, 6.45) is 0.161. The third kappa shape index (κ3) is 2.64. The van der Waals surface area contributed by atoms with E-state index in [1.54, 1.807) is 7.05 Å². The van der Waals surface area contributed by atoms with Gasteiger partial charge >= 0.3 is 0 Å². The zero-order valence-corrected chi connectivity index (χ0v) is 8.94. The summed E-state index contributed by atoms with van der Waals surface area (Å²) in [5, 5.41) is 3.97. The van der Waals surface area contributed by atoms with E-state index < -0.39 is 17.8 Å². The second-order valence-corrected chi connectivity index (χ2v) is 3.50. The van der Waals surface area contributed by atoms with Crippen LogP contribution in [0.25, 0.3) is 0 Å². The summed E-state index contributed by atoms with van der Waals surface area (Å²) in [6, 6.07) is 3.50. The van der Waals surface area contributed by atoms with Crippen molar-refractivity contribution < 1.29 is 13.2 Å². The van der Waals surface area contributed by atoms with Gasteiger partial charge in [-0.15, -0.1) is 0 Å². The summed E-state index contributed by atoms with van der Waals surface area (Å²) in [4.78, 5) is 3.92. The number of hydrogen-bond donors (Lipinski definition) is 0. The molecule has 0 spiro atoms. The highest BCUT2D eigenvalue weighted by Crippen LogP contribution is 2.24. The zero-order valence-electron chi connectivity index (χ0n) is 8.94. The van der Waals surface area contributed by atoms with Crippen LogP contribution in [0.4, 0.5) is 13.2 Å². The van der Waals surface area contributed by atoms with Crippen LogP contribution in [-0.2, 0) is 7.05 Å². The normalized spacial score (nSPS) is 11.1. The van der Waals surface area contributed by atoms with Crippen LogP contribution in [0.15, 0.2) is 24.5 Å². The molecule has 0 bridgehead atoms. The van der Waals surface area contributed by atoms with Crippen molar-refractivity contribution in [2.24, 2.45) is 7.05 Å². The van der Waals surface area contributed by atoms with E-state index >= 15 is 0 Å². The van der Waals surface area contributed by atoms with Gasteiger partial charge < -0.3 is 0 Å². The molecule has 0 atom stereocenters. The molecule has 0 aliphatic rings. The minimum absolute atomic E-state index is 0.388. The Kier molecular flexibility index (Phi) is 3.12. The lowest BCUT2D eigenvalue weighted by molar-refractivity contribution is 0.146. The Morgan fingerprint density at radius 3 is 2.71 bits per heavy atom. The predicted octanol–water partition coefficient (Wildman–Crippen LogP) is 2.49. The predicted molar refractivity (Wildman–Crippen MR) is 54.9 cm³/mol. The summed E-state index contributed by atoms with van der Waals surface area (Å²) >= 11 is 0. The number of hydrogen-bond acceptors (Lipinski definition) is 2. The molecule has 17 heavy (non-hydrogen) atoms. The van der Waals surface area contributed by atoms with Crippen molar-refractivity contribution in [3.05, 3.63) is 53.7 Å². The van der Waals surface area contributed by atoms with Gasteiger partial charge in [0.05, 0.1) is 12.0 Å². The molecule has 0 N–H and O–H groups in total. The first-order valence-corrected chi connectivity index (χ1v) is 4.84. The van der Waals surface area contributed by atoms with Gasteiger partial charge in [0.15, 0.2) is 5.82 Å². The number of benzene rings is 1. The summed E-state index contributed by atoms with van der Waals surface area (Å²) in [5.41, 5.74) is -0.178. The van der Waals surface area contributed by atoms with E-state index in [0.29, 0.717) is 11.4 Å². The van der Waals surface area contributed by atoms with Crippen LogP contribution in [0.1, 0.15) is 23.4 Å². The van der Waals surface area contributed by atoms with Gasteiger partial charge in [-0.2, -0.15) is 5.10 Å². The lowest BCUT2D eigenvalue weighted by atomic mass is 10.1. The maximum atomic E-state index is 13.0. The number of aromatic nitrogens is 3. The van der Waals surface area contributed by atoms with Gasteiger partial charge in [0.25, 0.3) is 6.43 Å². The molecule has 2 rings (SSSR count). The zero-order chi connectivity index (χ0) is 12.4. The Hall–Kier alpha value is -1.85. The van der Waals surface area contributed by atoms with Crippen LogP contribution < -0.4 is 0 Å². The van der Waals surface area contributed by atoms with E-state index in [9.17, 15) is 13.2 Å². The minimum Gasteiger partial charge on any atom is -0.256 e. The van der Waals surface area contributed by atoms with Crippen molar-refractivity contribution in [2.45, 2.75) is 6.43 Å². The van der Waals surface area contributed by atoms with Crippen molar-refractivity contribution >= 4 is 0 Å². The first kappa shape index (κ1) is 11.6. The van der Waals surface area contributed by atoms with E-state index in [1.807, 2.05) is 0 Å². The van der Waals surface area contributed by atoms with Gasteiger partial charge in [0.1, 0.15) is 12.1 Å². The van der Waals surface area contributed by atoms with Crippen molar-refractivity contribution in [3.8, 4) is 0 Å². The SMILES string of the molecule is Cn1cnc([CH]c2ccc(F)c(C(F)F)c2)n1. The van der Waals surface area contributed by atoms with Crippen molar-refractivity contribution in [1.29, 1.82) is 0 Å².